The zero-order valence-electron chi connectivity index (χ0n) is 28.4. The van der Waals surface area contributed by atoms with Gasteiger partial charge in [-0.3, -0.25) is 9.36 Å². The lowest BCUT2D eigenvalue weighted by Crippen LogP contribution is -2.40. The van der Waals surface area contributed by atoms with Crippen molar-refractivity contribution in [1.82, 2.24) is 4.57 Å². The molecule has 0 saturated heterocycles. The molecule has 50 heavy (non-hydrogen) atoms. The monoisotopic (exact) mass is 812 g/mol. The number of carboxylic acid groups (broad SMARTS) is 1. The van der Waals surface area contributed by atoms with Crippen LogP contribution in [-0.4, -0.2) is 48.0 Å². The molecule has 4 aromatic rings. The molecular weight excluding hydrogens is 775 g/mol. The first-order chi connectivity index (χ1) is 23.9. The SMILES string of the molecule is CCOC(=O)C1=C(C)N=c2s/c(=C\c3cc(I)c(OCc4ccc(C(=O)O)cc4)c(OCC)c3)c(=O)n2[C@@H]1c1ccc(OC(C)C)c(OC)c1. The Bertz CT molecular complexity index is 2140. The molecule has 0 radical (unpaired) electrons. The van der Waals surface area contributed by atoms with Gasteiger partial charge in [-0.15, -0.1) is 0 Å². The minimum Gasteiger partial charge on any atom is -0.493 e. The van der Waals surface area contributed by atoms with Crippen LogP contribution < -0.4 is 33.8 Å². The number of ether oxygens (including phenoxy) is 5. The van der Waals surface area contributed by atoms with Crippen LogP contribution in [0.2, 0.25) is 0 Å². The van der Waals surface area contributed by atoms with Gasteiger partial charge in [0.25, 0.3) is 5.56 Å². The third kappa shape index (κ3) is 7.88. The number of rotatable bonds is 13. The lowest BCUT2D eigenvalue weighted by Gasteiger charge is -2.25. The molecule has 0 saturated carbocycles. The van der Waals surface area contributed by atoms with Gasteiger partial charge in [-0.1, -0.05) is 29.5 Å². The molecule has 0 spiro atoms. The zero-order valence-corrected chi connectivity index (χ0v) is 31.4. The Morgan fingerprint density at radius 2 is 1.76 bits per heavy atom. The molecule has 0 fully saturated rings. The number of hydrogen-bond donors (Lipinski definition) is 1. The number of halogens is 1. The number of aromatic nitrogens is 1. The molecule has 1 N–H and O–H groups in total. The maximum atomic E-state index is 14.2. The van der Waals surface area contributed by atoms with E-state index >= 15 is 0 Å². The van der Waals surface area contributed by atoms with Crippen molar-refractivity contribution >= 4 is 51.9 Å². The standard InChI is InChI=1S/C37H37IN2O9S/c1-7-46-29-16-23(15-26(38)33(29)48-19-22-9-11-24(12-10-22)35(42)43)17-30-34(41)40-32(25-13-14-27(49-20(3)4)28(18-25)45-6)31(36(44)47-8-2)21(5)39-37(40)50-30/h9-18,20,32H,7-8,19H2,1-6H3,(H,42,43)/b30-17-/t32-/m1/s1. The van der Waals surface area contributed by atoms with Gasteiger partial charge in [0.05, 0.1) is 57.4 Å². The fraction of sp³-hybridized carbons (Fsp3) is 0.297. The number of carbonyl (C=O) groups is 2. The number of nitrogens with zero attached hydrogens (tertiary/aromatic N) is 2. The van der Waals surface area contributed by atoms with Crippen molar-refractivity contribution in [3.8, 4) is 23.0 Å². The van der Waals surface area contributed by atoms with Crippen molar-refractivity contribution < 1.29 is 38.4 Å². The van der Waals surface area contributed by atoms with Gasteiger partial charge in [0.2, 0.25) is 0 Å². The van der Waals surface area contributed by atoms with Gasteiger partial charge in [0.1, 0.15) is 6.61 Å². The largest absolute Gasteiger partial charge is 0.493 e. The Hall–Kier alpha value is -4.63. The number of hydrogen-bond acceptors (Lipinski definition) is 10. The summed E-state index contributed by atoms with van der Waals surface area (Å²) in [6.07, 6.45) is 1.68. The van der Waals surface area contributed by atoms with Gasteiger partial charge in [-0.25, -0.2) is 14.6 Å². The van der Waals surface area contributed by atoms with Crippen molar-refractivity contribution in [2.45, 2.75) is 53.4 Å². The molecule has 262 valence electrons. The summed E-state index contributed by atoms with van der Waals surface area (Å²) in [4.78, 5) is 43.9. The molecule has 0 amide bonds. The van der Waals surface area contributed by atoms with E-state index in [-0.39, 0.29) is 36.0 Å². The summed E-state index contributed by atoms with van der Waals surface area (Å²) >= 11 is 3.38. The summed E-state index contributed by atoms with van der Waals surface area (Å²) in [5.74, 6) is 0.481. The van der Waals surface area contributed by atoms with Crippen molar-refractivity contribution in [1.29, 1.82) is 0 Å². The molecular formula is C37H37IN2O9S. The molecule has 2 heterocycles. The van der Waals surface area contributed by atoms with E-state index in [0.717, 1.165) is 9.13 Å². The van der Waals surface area contributed by atoms with Crippen LogP contribution in [-0.2, 0) is 16.1 Å². The molecule has 0 bridgehead atoms. The van der Waals surface area contributed by atoms with E-state index in [0.29, 0.717) is 55.8 Å². The van der Waals surface area contributed by atoms with Crippen LogP contribution in [0, 0.1) is 3.57 Å². The maximum Gasteiger partial charge on any atom is 0.338 e. The van der Waals surface area contributed by atoms with Crippen LogP contribution in [0.5, 0.6) is 23.0 Å². The lowest BCUT2D eigenvalue weighted by molar-refractivity contribution is -0.139. The van der Waals surface area contributed by atoms with Gasteiger partial charge < -0.3 is 28.8 Å². The summed E-state index contributed by atoms with van der Waals surface area (Å²) in [6.45, 7) is 9.91. The average Bonchev–Trinajstić information content (AvgIpc) is 3.37. The topological polar surface area (TPSA) is 135 Å². The van der Waals surface area contributed by atoms with Gasteiger partial charge in [-0.2, -0.15) is 0 Å². The van der Waals surface area contributed by atoms with Crippen LogP contribution in [0.15, 0.2) is 75.7 Å². The van der Waals surface area contributed by atoms with E-state index in [9.17, 15) is 19.5 Å². The highest BCUT2D eigenvalue weighted by Gasteiger charge is 2.34. The second kappa shape index (κ2) is 15.9. The Morgan fingerprint density at radius 3 is 2.40 bits per heavy atom. The Labute approximate surface area is 306 Å². The number of benzene rings is 3. The molecule has 13 heteroatoms. The van der Waals surface area contributed by atoms with Crippen LogP contribution in [0.3, 0.4) is 0 Å². The number of aromatic carboxylic acids is 1. The highest BCUT2D eigenvalue weighted by atomic mass is 127. The minimum absolute atomic E-state index is 0.0885. The molecule has 3 aromatic carbocycles. The first-order valence-corrected chi connectivity index (χ1v) is 17.8. The van der Waals surface area contributed by atoms with Crippen LogP contribution >= 0.6 is 33.9 Å². The molecule has 5 rings (SSSR count). The van der Waals surface area contributed by atoms with E-state index in [1.807, 2.05) is 32.9 Å². The third-order valence-electron chi connectivity index (χ3n) is 7.60. The van der Waals surface area contributed by atoms with Gasteiger partial charge in [0.15, 0.2) is 27.8 Å². The number of carbonyl (C=O) groups excluding carboxylic acids is 1. The number of carboxylic acids is 1. The first-order valence-electron chi connectivity index (χ1n) is 15.9. The summed E-state index contributed by atoms with van der Waals surface area (Å²) in [7, 11) is 1.54. The highest BCUT2D eigenvalue weighted by molar-refractivity contribution is 14.1. The Kier molecular flexibility index (Phi) is 11.7. The first kappa shape index (κ1) is 36.6. The van der Waals surface area contributed by atoms with E-state index < -0.39 is 18.0 Å². The van der Waals surface area contributed by atoms with E-state index in [1.54, 1.807) is 50.3 Å². The Balaban J connectivity index is 1.57. The highest BCUT2D eigenvalue weighted by Crippen LogP contribution is 2.37. The number of thiazole rings is 1. The smallest absolute Gasteiger partial charge is 0.338 e. The predicted molar refractivity (Wildman–Crippen MR) is 197 cm³/mol. The fourth-order valence-electron chi connectivity index (χ4n) is 5.44. The minimum atomic E-state index is -0.996. The molecule has 1 aliphatic rings. The summed E-state index contributed by atoms with van der Waals surface area (Å²) < 4.78 is 31.8. The number of allylic oxidation sites excluding steroid dienone is 1. The summed E-state index contributed by atoms with van der Waals surface area (Å²) in [5.41, 5.74) is 2.72. The van der Waals surface area contributed by atoms with E-state index in [2.05, 4.69) is 27.6 Å². The van der Waals surface area contributed by atoms with Crippen LogP contribution in [0.4, 0.5) is 0 Å². The van der Waals surface area contributed by atoms with Gasteiger partial charge >= 0.3 is 11.9 Å². The normalized spacial score (nSPS) is 14.2. The van der Waals surface area contributed by atoms with Crippen molar-refractivity contribution in [2.75, 3.05) is 20.3 Å². The lowest BCUT2D eigenvalue weighted by atomic mass is 9.95. The quantitative estimate of drug-likeness (QED) is 0.130. The zero-order chi connectivity index (χ0) is 36.1. The molecule has 0 aliphatic carbocycles. The second-order valence-corrected chi connectivity index (χ2v) is 13.6. The Morgan fingerprint density at radius 1 is 1.02 bits per heavy atom. The molecule has 1 aromatic heterocycles. The summed E-state index contributed by atoms with van der Waals surface area (Å²) in [5, 5.41) is 9.19. The van der Waals surface area contributed by atoms with Crippen molar-refractivity contribution in [3.05, 3.63) is 111 Å². The third-order valence-corrected chi connectivity index (χ3v) is 9.38. The fourth-order valence-corrected chi connectivity index (χ4v) is 7.26. The predicted octanol–water partition coefficient (Wildman–Crippen LogP) is 5.87. The molecule has 1 atom stereocenters. The molecule has 0 unspecified atom stereocenters. The molecule has 1 aliphatic heterocycles. The average molecular weight is 813 g/mol. The second-order valence-electron chi connectivity index (χ2n) is 11.4. The number of fused-ring (bicyclic) bond motifs is 1. The van der Waals surface area contributed by atoms with Crippen molar-refractivity contribution in [2.24, 2.45) is 4.99 Å². The van der Waals surface area contributed by atoms with Crippen LogP contribution in [0.25, 0.3) is 6.08 Å². The van der Waals surface area contributed by atoms with Gasteiger partial charge in [-0.05, 0) is 116 Å². The summed E-state index contributed by atoms with van der Waals surface area (Å²) in [6, 6.07) is 14.7. The van der Waals surface area contributed by atoms with E-state index in [1.165, 1.54) is 35.1 Å². The van der Waals surface area contributed by atoms with Crippen molar-refractivity contribution in [3.63, 3.8) is 0 Å². The van der Waals surface area contributed by atoms with Gasteiger partial charge in [0, 0.05) is 0 Å². The number of methoxy groups -OCH3 is 1. The molecule has 11 nitrogen and oxygen atoms in total. The van der Waals surface area contributed by atoms with E-state index in [4.69, 9.17) is 23.7 Å². The van der Waals surface area contributed by atoms with Crippen LogP contribution in [0.1, 0.15) is 67.7 Å². The number of esters is 1. The maximum absolute atomic E-state index is 14.2.